The Morgan fingerprint density at radius 2 is 1.69 bits per heavy atom. The molecule has 3 fully saturated rings. The molecule has 0 aromatic heterocycles. The third-order valence-corrected chi connectivity index (χ3v) is 7.90. The van der Waals surface area contributed by atoms with Crippen molar-refractivity contribution in [2.75, 3.05) is 44.3 Å². The average molecular weight is 446 g/mol. The fourth-order valence-electron chi connectivity index (χ4n) is 5.19. The van der Waals surface area contributed by atoms with Crippen molar-refractivity contribution in [3.8, 4) is 0 Å². The summed E-state index contributed by atoms with van der Waals surface area (Å²) in [7, 11) is 0. The van der Waals surface area contributed by atoms with Crippen molar-refractivity contribution >= 4 is 23.4 Å². The monoisotopic (exact) mass is 445 g/mol. The normalized spacial score (nSPS) is 25.3. The number of ether oxygens (including phenoxy) is 1. The second-order valence-electron chi connectivity index (χ2n) is 10.1. The molecule has 8 heteroatoms. The maximum Gasteiger partial charge on any atom is 0.257 e. The Balaban J connectivity index is 1.57. The number of imide groups is 1. The highest BCUT2D eigenvalue weighted by molar-refractivity contribution is 6.23. The second kappa shape index (κ2) is 8.23. The Kier molecular flexibility index (Phi) is 5.88. The number of nitrogens with zero attached hydrogens (tertiary/aromatic N) is 3. The van der Waals surface area contributed by atoms with E-state index in [9.17, 15) is 18.8 Å². The van der Waals surface area contributed by atoms with Crippen LogP contribution in [0.25, 0.3) is 0 Å². The van der Waals surface area contributed by atoms with Crippen LogP contribution >= 0.6 is 0 Å². The fraction of sp³-hybridized carbons (Fsp3) is 0.625. The first-order valence-electron chi connectivity index (χ1n) is 11.3. The van der Waals surface area contributed by atoms with Crippen LogP contribution in [0.15, 0.2) is 24.3 Å². The molecule has 3 amide bonds. The summed E-state index contributed by atoms with van der Waals surface area (Å²) in [6, 6.07) is 4.44. The predicted molar refractivity (Wildman–Crippen MR) is 117 cm³/mol. The van der Waals surface area contributed by atoms with Crippen LogP contribution in [0.2, 0.25) is 0 Å². The number of halogens is 1. The summed E-state index contributed by atoms with van der Waals surface area (Å²) < 4.78 is 18.7. The van der Waals surface area contributed by atoms with Gasteiger partial charge in [-0.1, -0.05) is 27.7 Å². The summed E-state index contributed by atoms with van der Waals surface area (Å²) in [5.41, 5.74) is -0.0238. The summed E-state index contributed by atoms with van der Waals surface area (Å²) in [4.78, 5) is 44.8. The van der Waals surface area contributed by atoms with Crippen molar-refractivity contribution in [3.05, 3.63) is 30.1 Å². The summed E-state index contributed by atoms with van der Waals surface area (Å²) in [6.45, 7) is 12.1. The van der Waals surface area contributed by atoms with E-state index in [0.29, 0.717) is 32.0 Å². The number of carbonyl (C=O) groups is 3. The maximum absolute atomic E-state index is 13.7. The van der Waals surface area contributed by atoms with Gasteiger partial charge >= 0.3 is 0 Å². The molecule has 1 aromatic carbocycles. The third kappa shape index (κ3) is 3.83. The molecule has 1 aromatic rings. The van der Waals surface area contributed by atoms with E-state index in [0.717, 1.165) is 18.0 Å². The van der Waals surface area contributed by atoms with Crippen LogP contribution in [0, 0.1) is 22.6 Å². The van der Waals surface area contributed by atoms with Gasteiger partial charge in [0.1, 0.15) is 11.9 Å². The summed E-state index contributed by atoms with van der Waals surface area (Å²) in [6.07, 6.45) is -0.0569. The molecule has 2 saturated heterocycles. The van der Waals surface area contributed by atoms with E-state index in [2.05, 4.69) is 32.6 Å². The third-order valence-electron chi connectivity index (χ3n) is 7.90. The van der Waals surface area contributed by atoms with E-state index < -0.39 is 17.8 Å². The standard InChI is InChI=1S/C24H32FN3O4/c1-23(2)20(24(23,3)4)22(31)27(10-9-26-11-13-32-14-12-26)18-15-19(29)28(21(18)30)17-7-5-16(25)6-8-17/h5-8,18,20H,9-15H2,1-4H3. The molecular weight excluding hydrogens is 413 g/mol. The van der Waals surface area contributed by atoms with Gasteiger partial charge in [0.25, 0.3) is 5.91 Å². The van der Waals surface area contributed by atoms with Gasteiger partial charge in [0.15, 0.2) is 0 Å². The Morgan fingerprint density at radius 3 is 2.25 bits per heavy atom. The first-order chi connectivity index (χ1) is 15.1. The van der Waals surface area contributed by atoms with E-state index in [1.807, 2.05) is 0 Å². The Morgan fingerprint density at radius 1 is 1.09 bits per heavy atom. The molecule has 0 N–H and O–H groups in total. The van der Waals surface area contributed by atoms with Crippen LogP contribution in [0.3, 0.4) is 0 Å². The van der Waals surface area contributed by atoms with Crippen molar-refractivity contribution in [2.45, 2.75) is 40.2 Å². The Hall–Kier alpha value is -2.32. The van der Waals surface area contributed by atoms with Crippen molar-refractivity contribution < 1.29 is 23.5 Å². The van der Waals surface area contributed by atoms with E-state index >= 15 is 0 Å². The SMILES string of the molecule is CC1(C)C(C(=O)N(CCN2CCOCC2)C2CC(=O)N(c3ccc(F)cc3)C2=O)C1(C)C. The molecule has 0 bridgehead atoms. The van der Waals surface area contributed by atoms with Gasteiger partial charge < -0.3 is 9.64 Å². The molecular formula is C24H32FN3O4. The lowest BCUT2D eigenvalue weighted by Crippen LogP contribution is -2.50. The summed E-state index contributed by atoms with van der Waals surface area (Å²) in [5.74, 6) is -1.51. The van der Waals surface area contributed by atoms with Gasteiger partial charge in [-0.2, -0.15) is 0 Å². The lowest BCUT2D eigenvalue weighted by Gasteiger charge is -2.33. The minimum absolute atomic E-state index is 0.0569. The van der Waals surface area contributed by atoms with Crippen molar-refractivity contribution in [1.82, 2.24) is 9.80 Å². The minimum atomic E-state index is -0.840. The smallest absolute Gasteiger partial charge is 0.257 e. The van der Waals surface area contributed by atoms with Crippen LogP contribution in [0.5, 0.6) is 0 Å². The average Bonchev–Trinajstić information content (AvgIpc) is 2.98. The molecule has 1 atom stereocenters. The predicted octanol–water partition coefficient (Wildman–Crippen LogP) is 2.30. The number of hydrogen-bond acceptors (Lipinski definition) is 5. The molecule has 2 aliphatic heterocycles. The summed E-state index contributed by atoms with van der Waals surface area (Å²) in [5, 5.41) is 0. The van der Waals surface area contributed by atoms with Crippen molar-refractivity contribution in [3.63, 3.8) is 0 Å². The quantitative estimate of drug-likeness (QED) is 0.629. The number of benzene rings is 1. The number of amides is 3. The molecule has 4 rings (SSSR count). The number of anilines is 1. The highest BCUT2D eigenvalue weighted by atomic mass is 19.1. The van der Waals surface area contributed by atoms with Gasteiger partial charge in [-0.05, 0) is 35.1 Å². The van der Waals surface area contributed by atoms with Gasteiger partial charge in [0, 0.05) is 32.1 Å². The van der Waals surface area contributed by atoms with Crippen LogP contribution < -0.4 is 4.90 Å². The molecule has 174 valence electrons. The van der Waals surface area contributed by atoms with Crippen LogP contribution in [-0.4, -0.2) is 73.0 Å². The van der Waals surface area contributed by atoms with E-state index in [-0.39, 0.29) is 35.0 Å². The largest absolute Gasteiger partial charge is 0.379 e. The first kappa shape index (κ1) is 22.9. The number of carbonyl (C=O) groups excluding carboxylic acids is 3. The zero-order valence-corrected chi connectivity index (χ0v) is 19.3. The van der Waals surface area contributed by atoms with Gasteiger partial charge in [0.05, 0.1) is 25.3 Å². The zero-order valence-electron chi connectivity index (χ0n) is 19.3. The molecule has 1 saturated carbocycles. The molecule has 0 spiro atoms. The summed E-state index contributed by atoms with van der Waals surface area (Å²) >= 11 is 0. The molecule has 1 aliphatic carbocycles. The topological polar surface area (TPSA) is 70.2 Å². The van der Waals surface area contributed by atoms with Gasteiger partial charge in [-0.3, -0.25) is 19.3 Å². The van der Waals surface area contributed by atoms with Crippen LogP contribution in [0.4, 0.5) is 10.1 Å². The molecule has 3 aliphatic rings. The second-order valence-corrected chi connectivity index (χ2v) is 10.1. The van der Waals surface area contributed by atoms with E-state index in [4.69, 9.17) is 4.74 Å². The van der Waals surface area contributed by atoms with Crippen LogP contribution in [-0.2, 0) is 19.1 Å². The highest BCUT2D eigenvalue weighted by Crippen LogP contribution is 2.69. The van der Waals surface area contributed by atoms with E-state index in [1.165, 1.54) is 24.3 Å². The molecule has 7 nitrogen and oxygen atoms in total. The maximum atomic E-state index is 13.7. The van der Waals surface area contributed by atoms with Crippen molar-refractivity contribution in [2.24, 2.45) is 16.7 Å². The first-order valence-corrected chi connectivity index (χ1v) is 11.3. The lowest BCUT2D eigenvalue weighted by atomic mass is 10.0. The molecule has 1 unspecified atom stereocenters. The number of rotatable bonds is 6. The number of morpholine rings is 1. The van der Waals surface area contributed by atoms with Gasteiger partial charge in [-0.15, -0.1) is 0 Å². The molecule has 0 radical (unpaired) electrons. The number of hydrogen-bond donors (Lipinski definition) is 0. The van der Waals surface area contributed by atoms with Gasteiger partial charge in [-0.25, -0.2) is 9.29 Å². The van der Waals surface area contributed by atoms with Crippen LogP contribution in [0.1, 0.15) is 34.1 Å². The minimum Gasteiger partial charge on any atom is -0.379 e. The Labute approximate surface area is 188 Å². The van der Waals surface area contributed by atoms with E-state index in [1.54, 1.807) is 4.90 Å². The fourth-order valence-corrected chi connectivity index (χ4v) is 5.19. The molecule has 32 heavy (non-hydrogen) atoms. The lowest BCUT2D eigenvalue weighted by molar-refractivity contribution is -0.140. The zero-order chi connectivity index (χ0) is 23.3. The van der Waals surface area contributed by atoms with Gasteiger partial charge in [0.2, 0.25) is 11.8 Å². The Bertz CT molecular complexity index is 894. The van der Waals surface area contributed by atoms with Crippen molar-refractivity contribution in [1.29, 1.82) is 0 Å². The highest BCUT2D eigenvalue weighted by Gasteiger charge is 2.69. The molecule has 2 heterocycles.